The number of amides is 1. The molecule has 174 valence electrons. The van der Waals surface area contributed by atoms with Gasteiger partial charge in [-0.1, -0.05) is 23.7 Å². The van der Waals surface area contributed by atoms with E-state index in [0.29, 0.717) is 46.7 Å². The molecule has 34 heavy (non-hydrogen) atoms. The van der Waals surface area contributed by atoms with E-state index in [1.54, 1.807) is 43.5 Å². The third-order valence-corrected chi connectivity index (χ3v) is 5.65. The number of carbonyl (C=O) groups excluding carboxylic acids is 1. The number of nitriles is 1. The van der Waals surface area contributed by atoms with Gasteiger partial charge in [-0.3, -0.25) is 4.79 Å². The highest BCUT2D eigenvalue weighted by molar-refractivity contribution is 14.1. The van der Waals surface area contributed by atoms with Crippen LogP contribution in [0.1, 0.15) is 18.1 Å². The van der Waals surface area contributed by atoms with Crippen LogP contribution in [0, 0.1) is 14.9 Å². The Hall–Kier alpha value is -3.22. The van der Waals surface area contributed by atoms with Gasteiger partial charge in [0.2, 0.25) is 0 Å². The molecule has 0 unspecified atom stereocenters. The fraction of sp³-hybridized carbons (Fsp3) is 0.154. The van der Waals surface area contributed by atoms with Crippen molar-refractivity contribution in [1.29, 1.82) is 5.26 Å². The third kappa shape index (κ3) is 6.89. The van der Waals surface area contributed by atoms with Crippen molar-refractivity contribution in [2.24, 2.45) is 0 Å². The molecule has 6 nitrogen and oxygen atoms in total. The predicted octanol–water partition coefficient (Wildman–Crippen LogP) is 6.48. The minimum absolute atomic E-state index is 0.0816. The van der Waals surface area contributed by atoms with Gasteiger partial charge in [-0.05, 0) is 95.2 Å². The summed E-state index contributed by atoms with van der Waals surface area (Å²) in [5.74, 6) is 0.956. The molecule has 1 amide bonds. The predicted molar refractivity (Wildman–Crippen MR) is 141 cm³/mol. The molecule has 0 atom stereocenters. The van der Waals surface area contributed by atoms with Gasteiger partial charge in [0.05, 0.1) is 18.7 Å². The molecular formula is C26H22ClIN2O4. The lowest BCUT2D eigenvalue weighted by Gasteiger charge is -2.15. The van der Waals surface area contributed by atoms with Gasteiger partial charge < -0.3 is 19.5 Å². The van der Waals surface area contributed by atoms with Crippen LogP contribution in [0.4, 0.5) is 5.69 Å². The Balaban J connectivity index is 1.81. The molecular weight excluding hydrogens is 567 g/mol. The van der Waals surface area contributed by atoms with E-state index in [-0.39, 0.29) is 5.57 Å². The average molecular weight is 589 g/mol. The number of methoxy groups -OCH3 is 1. The lowest BCUT2D eigenvalue weighted by atomic mass is 10.1. The quantitative estimate of drug-likeness (QED) is 0.176. The minimum Gasteiger partial charge on any atom is -0.497 e. The van der Waals surface area contributed by atoms with Crippen LogP contribution in [0.25, 0.3) is 6.08 Å². The van der Waals surface area contributed by atoms with E-state index in [1.807, 2.05) is 37.3 Å². The van der Waals surface area contributed by atoms with Crippen molar-refractivity contribution >= 4 is 51.9 Å². The summed E-state index contributed by atoms with van der Waals surface area (Å²) < 4.78 is 17.9. The summed E-state index contributed by atoms with van der Waals surface area (Å²) >= 11 is 8.74. The average Bonchev–Trinajstić information content (AvgIpc) is 2.83. The smallest absolute Gasteiger partial charge is 0.266 e. The number of ether oxygens (including phenoxy) is 3. The molecule has 0 aliphatic heterocycles. The molecule has 1 N–H and O–H groups in total. The second-order valence-electron chi connectivity index (χ2n) is 7.03. The van der Waals surface area contributed by atoms with E-state index in [4.69, 9.17) is 25.8 Å². The molecule has 0 heterocycles. The van der Waals surface area contributed by atoms with Gasteiger partial charge in [0.25, 0.3) is 5.91 Å². The van der Waals surface area contributed by atoms with Gasteiger partial charge in [-0.25, -0.2) is 0 Å². The fourth-order valence-corrected chi connectivity index (χ4v) is 3.63. The Morgan fingerprint density at radius 2 is 1.82 bits per heavy atom. The maximum absolute atomic E-state index is 12.6. The van der Waals surface area contributed by atoms with Crippen LogP contribution in [0.2, 0.25) is 5.02 Å². The summed E-state index contributed by atoms with van der Waals surface area (Å²) in [4.78, 5) is 12.6. The second kappa shape index (κ2) is 12.3. The largest absolute Gasteiger partial charge is 0.497 e. The molecule has 0 bridgehead atoms. The molecule has 0 spiro atoms. The van der Waals surface area contributed by atoms with Crippen LogP contribution in [-0.4, -0.2) is 19.6 Å². The number of nitrogens with one attached hydrogen (secondary N) is 1. The number of anilines is 1. The Morgan fingerprint density at radius 1 is 1.12 bits per heavy atom. The molecule has 0 aliphatic carbocycles. The van der Waals surface area contributed by atoms with E-state index in [0.717, 1.165) is 9.13 Å². The first kappa shape index (κ1) is 25.4. The van der Waals surface area contributed by atoms with Crippen molar-refractivity contribution in [3.05, 3.63) is 86.0 Å². The number of halogens is 2. The summed E-state index contributed by atoms with van der Waals surface area (Å²) in [6.07, 6.45) is 1.45. The molecule has 0 saturated carbocycles. The summed E-state index contributed by atoms with van der Waals surface area (Å²) in [6.45, 7) is 2.56. The zero-order chi connectivity index (χ0) is 24.5. The van der Waals surface area contributed by atoms with E-state index in [1.165, 1.54) is 6.08 Å². The summed E-state index contributed by atoms with van der Waals surface area (Å²) in [5, 5.41) is 12.6. The lowest BCUT2D eigenvalue weighted by Crippen LogP contribution is -2.13. The first-order valence-electron chi connectivity index (χ1n) is 10.3. The summed E-state index contributed by atoms with van der Waals surface area (Å²) in [7, 11) is 1.56. The van der Waals surface area contributed by atoms with Crippen molar-refractivity contribution in [3.8, 4) is 23.3 Å². The van der Waals surface area contributed by atoms with Crippen LogP contribution in [-0.2, 0) is 11.4 Å². The number of nitrogens with zero attached hydrogens (tertiary/aromatic N) is 1. The molecule has 0 aliphatic rings. The van der Waals surface area contributed by atoms with Gasteiger partial charge in [0.1, 0.15) is 24.0 Å². The molecule has 0 saturated heterocycles. The first-order valence-corrected chi connectivity index (χ1v) is 11.8. The van der Waals surface area contributed by atoms with Gasteiger partial charge >= 0.3 is 0 Å². The van der Waals surface area contributed by atoms with Crippen molar-refractivity contribution < 1.29 is 19.0 Å². The van der Waals surface area contributed by atoms with E-state index in [2.05, 4.69) is 27.9 Å². The van der Waals surface area contributed by atoms with E-state index in [9.17, 15) is 10.1 Å². The van der Waals surface area contributed by atoms with Crippen LogP contribution in [0.5, 0.6) is 17.2 Å². The third-order valence-electron chi connectivity index (χ3n) is 4.65. The highest BCUT2D eigenvalue weighted by Crippen LogP contribution is 2.38. The highest BCUT2D eigenvalue weighted by Gasteiger charge is 2.15. The number of hydrogen-bond acceptors (Lipinski definition) is 5. The summed E-state index contributed by atoms with van der Waals surface area (Å²) in [6, 6.07) is 20.0. The zero-order valence-electron chi connectivity index (χ0n) is 18.6. The van der Waals surface area contributed by atoms with Crippen molar-refractivity contribution in [1.82, 2.24) is 0 Å². The van der Waals surface area contributed by atoms with E-state index < -0.39 is 5.91 Å². The molecule has 0 radical (unpaired) electrons. The molecule has 0 fully saturated rings. The van der Waals surface area contributed by atoms with Crippen molar-refractivity contribution in [2.45, 2.75) is 13.5 Å². The fourth-order valence-electron chi connectivity index (χ4n) is 3.00. The second-order valence-corrected chi connectivity index (χ2v) is 8.68. The van der Waals surface area contributed by atoms with Gasteiger partial charge in [-0.15, -0.1) is 0 Å². The first-order chi connectivity index (χ1) is 16.4. The number of rotatable bonds is 9. The van der Waals surface area contributed by atoms with Crippen LogP contribution >= 0.6 is 34.2 Å². The highest BCUT2D eigenvalue weighted by atomic mass is 127. The van der Waals surface area contributed by atoms with E-state index >= 15 is 0 Å². The van der Waals surface area contributed by atoms with Gasteiger partial charge in [-0.2, -0.15) is 5.26 Å². The molecule has 3 aromatic carbocycles. The van der Waals surface area contributed by atoms with Crippen molar-refractivity contribution in [3.63, 3.8) is 0 Å². The monoisotopic (exact) mass is 588 g/mol. The molecule has 8 heteroatoms. The zero-order valence-corrected chi connectivity index (χ0v) is 21.5. The number of hydrogen-bond donors (Lipinski definition) is 1. The maximum atomic E-state index is 12.6. The SMILES string of the molecule is CCOc1cc(/C=C(\C#N)C(=O)Nc2ccc(OC)cc2)cc(Cl)c1OCc1ccc(I)cc1. The molecule has 0 aromatic heterocycles. The number of carbonyl (C=O) groups is 1. The van der Waals surface area contributed by atoms with Crippen LogP contribution in [0.3, 0.4) is 0 Å². The van der Waals surface area contributed by atoms with Gasteiger partial charge in [0, 0.05) is 9.26 Å². The Kier molecular flexibility index (Phi) is 9.19. The lowest BCUT2D eigenvalue weighted by molar-refractivity contribution is -0.112. The molecule has 3 aromatic rings. The Bertz CT molecular complexity index is 1220. The number of benzene rings is 3. The van der Waals surface area contributed by atoms with Gasteiger partial charge in [0.15, 0.2) is 11.5 Å². The van der Waals surface area contributed by atoms with Crippen molar-refractivity contribution in [2.75, 3.05) is 19.0 Å². The topological polar surface area (TPSA) is 80.6 Å². The minimum atomic E-state index is -0.541. The maximum Gasteiger partial charge on any atom is 0.266 e. The Morgan fingerprint density at radius 3 is 2.44 bits per heavy atom. The Labute approximate surface area is 217 Å². The summed E-state index contributed by atoms with van der Waals surface area (Å²) in [5.41, 5.74) is 1.99. The standard InChI is InChI=1S/C26H22ClIN2O4/c1-3-33-24-14-18(13-23(27)25(24)34-16-17-4-6-20(28)7-5-17)12-19(15-29)26(31)30-21-8-10-22(32-2)11-9-21/h4-14H,3,16H2,1-2H3,(H,30,31)/b19-12+. The normalized spacial score (nSPS) is 10.9. The van der Waals surface area contributed by atoms with Crippen LogP contribution < -0.4 is 19.5 Å². The molecule has 3 rings (SSSR count). The van der Waals surface area contributed by atoms with Crippen LogP contribution in [0.15, 0.2) is 66.2 Å².